The zero-order valence-electron chi connectivity index (χ0n) is 14.0. The molecule has 1 aromatic carbocycles. The van der Waals surface area contributed by atoms with Gasteiger partial charge in [0.25, 0.3) is 5.91 Å². The number of aromatic hydroxyl groups is 1. The number of methoxy groups -OCH3 is 1. The van der Waals surface area contributed by atoms with Gasteiger partial charge in [0.1, 0.15) is 0 Å². The van der Waals surface area contributed by atoms with E-state index in [1.54, 1.807) is 25.2 Å². The molecule has 1 amide bonds. The first-order valence-electron chi connectivity index (χ1n) is 8.21. The third kappa shape index (κ3) is 3.29. The van der Waals surface area contributed by atoms with Gasteiger partial charge in [-0.25, -0.2) is 0 Å². The third-order valence-corrected chi connectivity index (χ3v) is 5.54. The summed E-state index contributed by atoms with van der Waals surface area (Å²) in [4.78, 5) is 19.7. The lowest BCUT2D eigenvalue weighted by atomic mass is 9.94. The predicted molar refractivity (Wildman–Crippen MR) is 97.3 cm³/mol. The molecule has 1 aliphatic carbocycles. The molecule has 1 aliphatic heterocycles. The molecule has 24 heavy (non-hydrogen) atoms. The molecule has 6 heteroatoms. The Morgan fingerprint density at radius 2 is 2.08 bits per heavy atom. The second-order valence-corrected chi connectivity index (χ2v) is 7.02. The minimum Gasteiger partial charge on any atom is -0.504 e. The van der Waals surface area contributed by atoms with Crippen LogP contribution in [0.15, 0.2) is 28.1 Å². The molecular weight excluding hydrogens is 324 g/mol. The van der Waals surface area contributed by atoms with Gasteiger partial charge in [-0.3, -0.25) is 14.7 Å². The standard InChI is InChI=1S/C18H22N2O3S/c1-19-18-20(13-6-4-3-5-7-13)17(22)16(24-18)11-12-8-9-14(21)15(10-12)23-2/h8-11,13,21H,3-7H2,1-2H3/b16-11-,19-18?. The number of ether oxygens (including phenoxy) is 1. The van der Waals surface area contributed by atoms with Crippen molar-refractivity contribution in [3.05, 3.63) is 28.7 Å². The van der Waals surface area contributed by atoms with Crippen LogP contribution in [0.5, 0.6) is 11.5 Å². The monoisotopic (exact) mass is 346 g/mol. The van der Waals surface area contributed by atoms with Crippen molar-refractivity contribution in [3.8, 4) is 11.5 Å². The van der Waals surface area contributed by atoms with Gasteiger partial charge < -0.3 is 9.84 Å². The normalized spacial score (nSPS) is 22.6. The summed E-state index contributed by atoms with van der Waals surface area (Å²) in [6.07, 6.45) is 7.52. The van der Waals surface area contributed by atoms with Gasteiger partial charge in [-0.15, -0.1) is 0 Å². The molecule has 1 heterocycles. The molecule has 0 bridgehead atoms. The van der Waals surface area contributed by atoms with Gasteiger partial charge in [-0.1, -0.05) is 25.3 Å². The molecule has 2 fully saturated rings. The number of carbonyl (C=O) groups is 1. The number of benzene rings is 1. The maximum Gasteiger partial charge on any atom is 0.266 e. The van der Waals surface area contributed by atoms with Gasteiger partial charge in [-0.05, 0) is 48.4 Å². The summed E-state index contributed by atoms with van der Waals surface area (Å²) in [5.41, 5.74) is 0.821. The van der Waals surface area contributed by atoms with Crippen molar-refractivity contribution in [1.82, 2.24) is 4.90 Å². The van der Waals surface area contributed by atoms with E-state index in [1.807, 2.05) is 11.0 Å². The first kappa shape index (κ1) is 16.9. The summed E-state index contributed by atoms with van der Waals surface area (Å²) in [5, 5.41) is 10.5. The first-order chi connectivity index (χ1) is 11.6. The van der Waals surface area contributed by atoms with Crippen LogP contribution in [-0.4, -0.2) is 41.3 Å². The van der Waals surface area contributed by atoms with Gasteiger partial charge >= 0.3 is 0 Å². The molecular formula is C18H22N2O3S. The number of amides is 1. The van der Waals surface area contributed by atoms with Crippen LogP contribution in [0.25, 0.3) is 6.08 Å². The Morgan fingerprint density at radius 3 is 2.75 bits per heavy atom. The smallest absolute Gasteiger partial charge is 0.266 e. The summed E-state index contributed by atoms with van der Waals surface area (Å²) < 4.78 is 5.13. The lowest BCUT2D eigenvalue weighted by Gasteiger charge is -2.30. The largest absolute Gasteiger partial charge is 0.504 e. The highest BCUT2D eigenvalue weighted by Gasteiger charge is 2.38. The zero-order valence-corrected chi connectivity index (χ0v) is 14.8. The molecule has 2 aliphatic rings. The minimum absolute atomic E-state index is 0.0274. The number of phenols is 1. The van der Waals surface area contributed by atoms with Gasteiger partial charge in [0.05, 0.1) is 12.0 Å². The third-order valence-electron chi connectivity index (χ3n) is 4.47. The molecule has 5 nitrogen and oxygen atoms in total. The molecule has 0 radical (unpaired) electrons. The highest BCUT2D eigenvalue weighted by atomic mass is 32.2. The topological polar surface area (TPSA) is 62.1 Å². The van der Waals surface area contributed by atoms with Gasteiger partial charge in [0, 0.05) is 13.1 Å². The van der Waals surface area contributed by atoms with Crippen LogP contribution in [-0.2, 0) is 4.79 Å². The van der Waals surface area contributed by atoms with E-state index in [0.29, 0.717) is 10.7 Å². The van der Waals surface area contributed by atoms with Crippen LogP contribution in [0.2, 0.25) is 0 Å². The van der Waals surface area contributed by atoms with Crippen LogP contribution < -0.4 is 4.74 Å². The van der Waals surface area contributed by atoms with Crippen molar-refractivity contribution < 1.29 is 14.6 Å². The summed E-state index contributed by atoms with van der Waals surface area (Å²) in [6, 6.07) is 5.33. The highest BCUT2D eigenvalue weighted by Crippen LogP contribution is 2.38. The van der Waals surface area contributed by atoms with E-state index in [1.165, 1.54) is 38.1 Å². The quantitative estimate of drug-likeness (QED) is 0.849. The summed E-state index contributed by atoms with van der Waals surface area (Å²) in [7, 11) is 3.24. The number of nitrogens with zero attached hydrogens (tertiary/aromatic N) is 2. The van der Waals surface area contributed by atoms with Crippen LogP contribution >= 0.6 is 11.8 Å². The number of carbonyl (C=O) groups excluding carboxylic acids is 1. The molecule has 1 aromatic rings. The molecule has 0 aromatic heterocycles. The maximum absolute atomic E-state index is 12.9. The molecule has 3 rings (SSSR count). The lowest BCUT2D eigenvalue weighted by molar-refractivity contribution is -0.124. The zero-order chi connectivity index (χ0) is 17.1. The summed E-state index contributed by atoms with van der Waals surface area (Å²) in [5.74, 6) is 0.512. The number of thioether (sulfide) groups is 1. The van der Waals surface area contributed by atoms with Crippen LogP contribution in [0, 0.1) is 0 Å². The number of aliphatic imine (C=N–C) groups is 1. The van der Waals surface area contributed by atoms with E-state index in [0.717, 1.165) is 23.6 Å². The Labute approximate surface area is 146 Å². The number of hydrogen-bond acceptors (Lipinski definition) is 5. The number of hydrogen-bond donors (Lipinski definition) is 1. The van der Waals surface area contributed by atoms with Crippen molar-refractivity contribution >= 4 is 28.9 Å². The fraction of sp³-hybridized carbons (Fsp3) is 0.444. The van der Waals surface area contributed by atoms with Crippen molar-refractivity contribution in [2.45, 2.75) is 38.1 Å². The lowest BCUT2D eigenvalue weighted by Crippen LogP contribution is -2.40. The Morgan fingerprint density at radius 1 is 1.33 bits per heavy atom. The molecule has 0 spiro atoms. The average Bonchev–Trinajstić information content (AvgIpc) is 2.93. The Bertz CT molecular complexity index is 694. The highest BCUT2D eigenvalue weighted by molar-refractivity contribution is 8.18. The molecule has 0 unspecified atom stereocenters. The van der Waals surface area contributed by atoms with Gasteiger partial charge in [-0.2, -0.15) is 0 Å². The first-order valence-corrected chi connectivity index (χ1v) is 9.02. The molecule has 0 atom stereocenters. The van der Waals surface area contributed by atoms with Crippen molar-refractivity contribution in [1.29, 1.82) is 0 Å². The molecule has 128 valence electrons. The predicted octanol–water partition coefficient (Wildman–Crippen LogP) is 3.64. The number of phenolic OH excluding ortho intramolecular Hbond substituents is 1. The van der Waals surface area contributed by atoms with Crippen molar-refractivity contribution in [2.24, 2.45) is 4.99 Å². The van der Waals surface area contributed by atoms with Crippen LogP contribution in [0.4, 0.5) is 0 Å². The van der Waals surface area contributed by atoms with Crippen LogP contribution in [0.1, 0.15) is 37.7 Å². The number of amidine groups is 1. The van der Waals surface area contributed by atoms with Gasteiger partial charge in [0.15, 0.2) is 16.7 Å². The average molecular weight is 346 g/mol. The van der Waals surface area contributed by atoms with Crippen molar-refractivity contribution in [2.75, 3.05) is 14.2 Å². The fourth-order valence-electron chi connectivity index (χ4n) is 3.24. The van der Waals surface area contributed by atoms with E-state index in [4.69, 9.17) is 4.74 Å². The fourth-order valence-corrected chi connectivity index (χ4v) is 4.24. The van der Waals surface area contributed by atoms with Gasteiger partial charge in [0.2, 0.25) is 0 Å². The minimum atomic E-state index is 0.0274. The second-order valence-electron chi connectivity index (χ2n) is 6.02. The van der Waals surface area contributed by atoms with E-state index in [9.17, 15) is 9.90 Å². The van der Waals surface area contributed by atoms with Crippen molar-refractivity contribution in [3.63, 3.8) is 0 Å². The SMILES string of the molecule is CN=C1S/C(=C\c2ccc(O)c(OC)c2)C(=O)N1C1CCCCC1. The second kappa shape index (κ2) is 7.30. The van der Waals surface area contributed by atoms with E-state index < -0.39 is 0 Å². The number of rotatable bonds is 3. The Balaban J connectivity index is 1.88. The van der Waals surface area contributed by atoms with E-state index >= 15 is 0 Å². The Kier molecular flexibility index (Phi) is 5.14. The summed E-state index contributed by atoms with van der Waals surface area (Å²) in [6.45, 7) is 0. The van der Waals surface area contributed by atoms with E-state index in [2.05, 4.69) is 4.99 Å². The van der Waals surface area contributed by atoms with Crippen LogP contribution in [0.3, 0.4) is 0 Å². The maximum atomic E-state index is 12.9. The van der Waals surface area contributed by atoms with E-state index in [-0.39, 0.29) is 17.7 Å². The molecule has 1 saturated carbocycles. The summed E-state index contributed by atoms with van der Waals surface area (Å²) >= 11 is 1.42. The molecule has 1 N–H and O–H groups in total. The molecule has 1 saturated heterocycles. The Hall–Kier alpha value is -1.95.